The van der Waals surface area contributed by atoms with Crippen LogP contribution in [0.2, 0.25) is 0 Å². The topological polar surface area (TPSA) is 60.5 Å². The van der Waals surface area contributed by atoms with Crippen LogP contribution in [0, 0.1) is 0 Å². The van der Waals surface area contributed by atoms with Gasteiger partial charge in [0.1, 0.15) is 6.10 Å². The molecule has 0 unspecified atom stereocenters. The average molecular weight is 290 g/mol. The van der Waals surface area contributed by atoms with E-state index in [0.717, 1.165) is 6.42 Å². The van der Waals surface area contributed by atoms with Gasteiger partial charge in [-0.05, 0) is 18.9 Å². The first-order valence-corrected chi connectivity index (χ1v) is 6.02. The molecular weight excluding hydrogens is 277 g/mol. The number of carbonyl (C=O) groups excluding carboxylic acids is 1. The van der Waals surface area contributed by atoms with E-state index in [9.17, 15) is 18.0 Å². The number of aromatic nitrogens is 1. The third kappa shape index (κ3) is 4.37. The van der Waals surface area contributed by atoms with E-state index in [4.69, 9.17) is 4.74 Å². The molecule has 110 valence electrons. The van der Waals surface area contributed by atoms with Gasteiger partial charge in [-0.15, -0.1) is 0 Å². The second kappa shape index (κ2) is 6.08. The Morgan fingerprint density at radius 3 is 2.85 bits per heavy atom. The zero-order valence-electron chi connectivity index (χ0n) is 10.4. The molecule has 0 saturated carbocycles. The number of rotatable bonds is 4. The van der Waals surface area contributed by atoms with Crippen LogP contribution in [0.1, 0.15) is 12.8 Å². The summed E-state index contributed by atoms with van der Waals surface area (Å²) in [6.07, 6.45) is -2.16. The van der Waals surface area contributed by atoms with E-state index in [-0.39, 0.29) is 11.8 Å². The maximum Gasteiger partial charge on any atom is 0.422 e. The molecule has 1 saturated heterocycles. The SMILES string of the molecule is O=C(Nc1ccc(OCC(F)(F)F)nc1)[C@@H]1CCCO1. The summed E-state index contributed by atoms with van der Waals surface area (Å²) in [4.78, 5) is 15.4. The maximum absolute atomic E-state index is 11.9. The third-order valence-corrected chi connectivity index (χ3v) is 2.61. The zero-order valence-corrected chi connectivity index (χ0v) is 10.4. The number of ether oxygens (including phenoxy) is 2. The largest absolute Gasteiger partial charge is 0.468 e. The van der Waals surface area contributed by atoms with Crippen LogP contribution in [-0.2, 0) is 9.53 Å². The van der Waals surface area contributed by atoms with Gasteiger partial charge < -0.3 is 14.8 Å². The molecule has 2 heterocycles. The summed E-state index contributed by atoms with van der Waals surface area (Å²) in [5, 5.41) is 2.58. The van der Waals surface area contributed by atoms with Gasteiger partial charge in [-0.1, -0.05) is 0 Å². The molecule has 1 atom stereocenters. The second-order valence-electron chi connectivity index (χ2n) is 4.28. The lowest BCUT2D eigenvalue weighted by molar-refractivity contribution is -0.154. The Kier molecular flexibility index (Phi) is 4.43. The Morgan fingerprint density at radius 2 is 2.30 bits per heavy atom. The van der Waals surface area contributed by atoms with Gasteiger partial charge in [-0.25, -0.2) is 4.98 Å². The molecular formula is C12H13F3N2O3. The van der Waals surface area contributed by atoms with Gasteiger partial charge in [0.25, 0.3) is 5.91 Å². The van der Waals surface area contributed by atoms with Gasteiger partial charge >= 0.3 is 6.18 Å². The normalized spacial score (nSPS) is 18.9. The molecule has 1 fully saturated rings. The van der Waals surface area contributed by atoms with Gasteiger partial charge in [0.05, 0.1) is 11.9 Å². The van der Waals surface area contributed by atoms with Crippen LogP contribution in [0.5, 0.6) is 5.88 Å². The molecule has 1 N–H and O–H groups in total. The third-order valence-electron chi connectivity index (χ3n) is 2.61. The summed E-state index contributed by atoms with van der Waals surface area (Å²) in [5.41, 5.74) is 0.379. The monoisotopic (exact) mass is 290 g/mol. The van der Waals surface area contributed by atoms with Crippen LogP contribution in [0.4, 0.5) is 18.9 Å². The fraction of sp³-hybridized carbons (Fsp3) is 0.500. The highest BCUT2D eigenvalue weighted by atomic mass is 19.4. The van der Waals surface area contributed by atoms with Gasteiger partial charge in [-0.3, -0.25) is 4.79 Å². The van der Waals surface area contributed by atoms with Crippen molar-refractivity contribution in [2.24, 2.45) is 0 Å². The lowest BCUT2D eigenvalue weighted by Crippen LogP contribution is -2.26. The summed E-state index contributed by atoms with van der Waals surface area (Å²) in [6, 6.07) is 2.68. The van der Waals surface area contributed by atoms with Crippen molar-refractivity contribution in [1.82, 2.24) is 4.98 Å². The molecule has 5 nitrogen and oxygen atoms in total. The van der Waals surface area contributed by atoms with Crippen LogP contribution in [0.25, 0.3) is 0 Å². The highest BCUT2D eigenvalue weighted by molar-refractivity contribution is 5.94. The van der Waals surface area contributed by atoms with Gasteiger partial charge in [0, 0.05) is 12.7 Å². The van der Waals surface area contributed by atoms with E-state index >= 15 is 0 Å². The van der Waals surface area contributed by atoms with Crippen molar-refractivity contribution >= 4 is 11.6 Å². The van der Waals surface area contributed by atoms with E-state index in [1.807, 2.05) is 0 Å². The van der Waals surface area contributed by atoms with Crippen molar-refractivity contribution in [3.05, 3.63) is 18.3 Å². The Bertz CT molecular complexity index is 456. The van der Waals surface area contributed by atoms with Crippen molar-refractivity contribution in [3.8, 4) is 5.88 Å². The van der Waals surface area contributed by atoms with Crippen molar-refractivity contribution in [2.45, 2.75) is 25.1 Å². The van der Waals surface area contributed by atoms with E-state index in [2.05, 4.69) is 15.0 Å². The van der Waals surface area contributed by atoms with Gasteiger partial charge in [0.2, 0.25) is 5.88 Å². The molecule has 20 heavy (non-hydrogen) atoms. The number of amides is 1. The standard InChI is InChI=1S/C12H13F3N2O3/c13-12(14,15)7-20-10-4-3-8(6-16-10)17-11(18)9-2-1-5-19-9/h3-4,6,9H,1-2,5,7H2,(H,17,18)/t9-/m0/s1. The number of nitrogens with one attached hydrogen (secondary N) is 1. The predicted molar refractivity (Wildman–Crippen MR) is 63.4 cm³/mol. The lowest BCUT2D eigenvalue weighted by Gasteiger charge is -2.11. The molecule has 8 heteroatoms. The van der Waals surface area contributed by atoms with Crippen LogP contribution in [0.15, 0.2) is 18.3 Å². The maximum atomic E-state index is 11.9. The Labute approximate surface area is 113 Å². The van der Waals surface area contributed by atoms with Gasteiger partial charge in [-0.2, -0.15) is 13.2 Å². The summed E-state index contributed by atoms with van der Waals surface area (Å²) in [5.74, 6) is -0.439. The Morgan fingerprint density at radius 1 is 1.50 bits per heavy atom. The summed E-state index contributed by atoms with van der Waals surface area (Å²) < 4.78 is 45.5. The van der Waals surface area contributed by atoms with E-state index in [0.29, 0.717) is 18.7 Å². The number of hydrogen-bond acceptors (Lipinski definition) is 4. The number of halogens is 3. The molecule has 2 rings (SSSR count). The van der Waals surface area contributed by atoms with Crippen molar-refractivity contribution < 1.29 is 27.4 Å². The quantitative estimate of drug-likeness (QED) is 0.923. The smallest absolute Gasteiger partial charge is 0.422 e. The first kappa shape index (κ1) is 14.6. The first-order chi connectivity index (χ1) is 9.44. The first-order valence-electron chi connectivity index (χ1n) is 6.02. The summed E-state index contributed by atoms with van der Waals surface area (Å²) in [7, 11) is 0. The summed E-state index contributed by atoms with van der Waals surface area (Å²) >= 11 is 0. The van der Waals surface area contributed by atoms with Gasteiger partial charge in [0.15, 0.2) is 6.61 Å². The highest BCUT2D eigenvalue weighted by Gasteiger charge is 2.28. The summed E-state index contributed by atoms with van der Waals surface area (Å²) in [6.45, 7) is -0.845. The number of pyridine rings is 1. The zero-order chi connectivity index (χ0) is 14.6. The van der Waals surface area contributed by atoms with Crippen LogP contribution < -0.4 is 10.1 Å². The minimum absolute atomic E-state index is 0.155. The number of alkyl halides is 3. The number of nitrogens with zero attached hydrogens (tertiary/aromatic N) is 1. The minimum Gasteiger partial charge on any atom is -0.468 e. The minimum atomic E-state index is -4.41. The molecule has 0 radical (unpaired) electrons. The lowest BCUT2D eigenvalue weighted by atomic mass is 10.2. The van der Waals surface area contributed by atoms with Crippen molar-refractivity contribution in [2.75, 3.05) is 18.5 Å². The molecule has 1 aliphatic heterocycles. The van der Waals surface area contributed by atoms with Crippen molar-refractivity contribution in [3.63, 3.8) is 0 Å². The Hall–Kier alpha value is -1.83. The second-order valence-corrected chi connectivity index (χ2v) is 4.28. The number of anilines is 1. The highest BCUT2D eigenvalue weighted by Crippen LogP contribution is 2.19. The molecule has 0 spiro atoms. The fourth-order valence-corrected chi connectivity index (χ4v) is 1.70. The van der Waals surface area contributed by atoms with E-state index in [1.54, 1.807) is 0 Å². The molecule has 0 aromatic carbocycles. The van der Waals surface area contributed by atoms with E-state index in [1.165, 1.54) is 18.3 Å². The fourth-order valence-electron chi connectivity index (χ4n) is 1.70. The number of carbonyl (C=O) groups is 1. The molecule has 1 aromatic rings. The Balaban J connectivity index is 1.86. The average Bonchev–Trinajstić information content (AvgIpc) is 2.91. The molecule has 0 bridgehead atoms. The van der Waals surface area contributed by atoms with Crippen LogP contribution in [0.3, 0.4) is 0 Å². The predicted octanol–water partition coefficient (Wildman–Crippen LogP) is 2.14. The van der Waals surface area contributed by atoms with Crippen molar-refractivity contribution in [1.29, 1.82) is 0 Å². The molecule has 0 aliphatic carbocycles. The molecule has 1 aromatic heterocycles. The van der Waals surface area contributed by atoms with E-state index < -0.39 is 18.9 Å². The molecule has 1 aliphatic rings. The molecule has 1 amide bonds. The van der Waals surface area contributed by atoms with Crippen LogP contribution >= 0.6 is 0 Å². The van der Waals surface area contributed by atoms with Crippen LogP contribution in [-0.4, -0.2) is 36.4 Å². The number of hydrogen-bond donors (Lipinski definition) is 1.